The molecular weight excluding hydrogens is 228 g/mol. The van der Waals surface area contributed by atoms with Crippen LogP contribution in [0.5, 0.6) is 0 Å². The van der Waals surface area contributed by atoms with Crippen molar-refractivity contribution in [3.05, 3.63) is 11.6 Å². The predicted molar refractivity (Wildman–Crippen MR) is 27.3 cm³/mol. The Bertz CT molecular complexity index is 207. The first-order valence-corrected chi connectivity index (χ1v) is 2.83. The van der Waals surface area contributed by atoms with Gasteiger partial charge < -0.3 is 4.74 Å². The maximum Gasteiger partial charge on any atom is 0.427 e. The zero-order valence-electron chi connectivity index (χ0n) is 6.14. The van der Waals surface area contributed by atoms with E-state index in [9.17, 15) is 35.1 Å². The van der Waals surface area contributed by atoms with Gasteiger partial charge in [0.1, 0.15) is 0 Å². The Balaban J connectivity index is 5.22. The van der Waals surface area contributed by atoms with Crippen molar-refractivity contribution < 1.29 is 39.9 Å². The molecule has 0 atom stereocenters. The Hall–Kier alpha value is -1.02. The van der Waals surface area contributed by atoms with E-state index in [1.54, 1.807) is 0 Å². The lowest BCUT2D eigenvalue weighted by Gasteiger charge is -2.14. The van der Waals surface area contributed by atoms with Crippen LogP contribution in [0.3, 0.4) is 0 Å². The van der Waals surface area contributed by atoms with Gasteiger partial charge in [0.2, 0.25) is 12.4 Å². The van der Waals surface area contributed by atoms with Gasteiger partial charge in [0.15, 0.2) is 0 Å². The molecule has 1 nitrogen and oxygen atoms in total. The summed E-state index contributed by atoms with van der Waals surface area (Å²) in [5.74, 6) is 0. The fraction of sp³-hybridized carbons (Fsp3) is 0.600. The lowest BCUT2D eigenvalue weighted by Crippen LogP contribution is -2.27. The Morgan fingerprint density at radius 2 is 1.29 bits per heavy atom. The van der Waals surface area contributed by atoms with Crippen molar-refractivity contribution in [2.24, 2.45) is 0 Å². The van der Waals surface area contributed by atoms with Crippen molar-refractivity contribution in [3.63, 3.8) is 0 Å². The molecule has 0 amide bonds. The van der Waals surface area contributed by atoms with E-state index < -0.39 is 30.8 Å². The molecule has 0 heterocycles. The quantitative estimate of drug-likeness (QED) is 0.522. The third-order valence-electron chi connectivity index (χ3n) is 0.945. The molecule has 0 unspecified atom stereocenters. The molecule has 0 saturated carbocycles. The molecule has 0 bridgehead atoms. The molecule has 14 heavy (non-hydrogen) atoms. The van der Waals surface area contributed by atoms with Gasteiger partial charge in [0.05, 0.1) is 0 Å². The first-order valence-electron chi connectivity index (χ1n) is 2.83. The summed E-state index contributed by atoms with van der Waals surface area (Å²) in [4.78, 5) is 0. The highest BCUT2D eigenvalue weighted by atomic mass is 19.4. The molecule has 9 heteroatoms. The van der Waals surface area contributed by atoms with Crippen molar-refractivity contribution >= 4 is 0 Å². The molecule has 0 fully saturated rings. The third-order valence-corrected chi connectivity index (χ3v) is 0.945. The molecule has 0 saturated heterocycles. The highest BCUT2D eigenvalue weighted by Crippen LogP contribution is 2.41. The van der Waals surface area contributed by atoms with Crippen molar-refractivity contribution in [2.45, 2.75) is 12.4 Å². The highest BCUT2D eigenvalue weighted by molar-refractivity contribution is 5.16. The smallest absolute Gasteiger partial charge is 0.427 e. The Kier molecular flexibility index (Phi) is 3.72. The van der Waals surface area contributed by atoms with Crippen molar-refractivity contribution in [1.29, 1.82) is 0 Å². The Morgan fingerprint density at radius 1 is 0.929 bits per heavy atom. The van der Waals surface area contributed by atoms with Crippen LogP contribution in [0.2, 0.25) is 0 Å². The van der Waals surface area contributed by atoms with E-state index in [4.69, 9.17) is 0 Å². The van der Waals surface area contributed by atoms with Gasteiger partial charge >= 0.3 is 12.4 Å². The minimum absolute atomic E-state index is 2.12. The molecule has 0 radical (unpaired) electrons. The molecular formula is C5H2F8O. The minimum atomic E-state index is -5.99. The van der Waals surface area contributed by atoms with Crippen molar-refractivity contribution in [2.75, 3.05) is 6.86 Å². The second-order valence-electron chi connectivity index (χ2n) is 1.90. The number of halogens is 8. The monoisotopic (exact) mass is 230 g/mol. The van der Waals surface area contributed by atoms with Gasteiger partial charge in [-0.1, -0.05) is 0 Å². The standard InChI is InChI=1S/C5H2F8O/c6-1-14-3(7)2(4(8,9)10)5(11,12)13/h1H2. The van der Waals surface area contributed by atoms with Gasteiger partial charge in [-0.2, -0.15) is 30.7 Å². The number of hydrogen-bond donors (Lipinski definition) is 0. The normalized spacial score (nSPS) is 12.6. The van der Waals surface area contributed by atoms with Crippen LogP contribution in [0.15, 0.2) is 11.6 Å². The largest absolute Gasteiger partial charge is 0.438 e. The summed E-state index contributed by atoms with van der Waals surface area (Å²) in [5.41, 5.74) is -3.50. The average molecular weight is 230 g/mol. The number of hydrogen-bond acceptors (Lipinski definition) is 1. The van der Waals surface area contributed by atoms with Crippen LogP contribution in [0.1, 0.15) is 0 Å². The fourth-order valence-corrected chi connectivity index (χ4v) is 0.504. The molecule has 0 aromatic rings. The topological polar surface area (TPSA) is 9.23 Å². The van der Waals surface area contributed by atoms with Crippen LogP contribution in [-0.4, -0.2) is 19.2 Å². The predicted octanol–water partition coefficient (Wildman–Crippen LogP) is 3.24. The van der Waals surface area contributed by atoms with Crippen LogP contribution in [0, 0.1) is 0 Å². The van der Waals surface area contributed by atoms with E-state index in [0.29, 0.717) is 0 Å². The molecule has 0 aliphatic carbocycles. The molecule has 0 aliphatic heterocycles. The van der Waals surface area contributed by atoms with Crippen LogP contribution >= 0.6 is 0 Å². The van der Waals surface area contributed by atoms with E-state index in [2.05, 4.69) is 4.74 Å². The summed E-state index contributed by atoms with van der Waals surface area (Å²) < 4.78 is 95.5. The maximum absolute atomic E-state index is 12.0. The van der Waals surface area contributed by atoms with Crippen LogP contribution in [0.25, 0.3) is 0 Å². The van der Waals surface area contributed by atoms with Gasteiger partial charge in [0.25, 0.3) is 6.01 Å². The molecule has 84 valence electrons. The number of ether oxygens (including phenoxy) is 1. The first-order chi connectivity index (χ1) is 6.10. The number of allylic oxidation sites excluding steroid dienone is 1. The van der Waals surface area contributed by atoms with E-state index in [1.165, 1.54) is 0 Å². The summed E-state index contributed by atoms with van der Waals surface area (Å²) in [6.07, 6.45) is -12.0. The molecule has 0 N–H and O–H groups in total. The van der Waals surface area contributed by atoms with E-state index in [1.807, 2.05) is 0 Å². The summed E-state index contributed by atoms with van der Waals surface area (Å²) in [6.45, 7) is -2.12. The Labute approximate surface area is 71.9 Å². The Morgan fingerprint density at radius 3 is 1.50 bits per heavy atom. The SMILES string of the molecule is FCOC(F)=C(C(F)(F)F)C(F)(F)F. The van der Waals surface area contributed by atoms with Gasteiger partial charge in [-0.3, -0.25) is 0 Å². The molecule has 0 aliphatic rings. The van der Waals surface area contributed by atoms with Gasteiger partial charge in [0, 0.05) is 0 Å². The first kappa shape index (κ1) is 13.0. The summed E-state index contributed by atoms with van der Waals surface area (Å²) in [7, 11) is 0. The summed E-state index contributed by atoms with van der Waals surface area (Å²) in [5, 5.41) is 0. The third kappa shape index (κ3) is 3.38. The molecule has 0 rings (SSSR count). The molecule has 0 aromatic carbocycles. The number of alkyl halides is 7. The average Bonchev–Trinajstić information content (AvgIpc) is 1.78. The fourth-order valence-electron chi connectivity index (χ4n) is 0.504. The van der Waals surface area contributed by atoms with Crippen LogP contribution in [-0.2, 0) is 4.74 Å². The van der Waals surface area contributed by atoms with Gasteiger partial charge in [-0.05, 0) is 0 Å². The maximum atomic E-state index is 12.0. The lowest BCUT2D eigenvalue weighted by atomic mass is 10.3. The lowest BCUT2D eigenvalue weighted by molar-refractivity contribution is -0.180. The minimum Gasteiger partial charge on any atom is -0.438 e. The zero-order valence-corrected chi connectivity index (χ0v) is 6.14. The van der Waals surface area contributed by atoms with Crippen molar-refractivity contribution in [1.82, 2.24) is 0 Å². The van der Waals surface area contributed by atoms with Crippen LogP contribution < -0.4 is 0 Å². The summed E-state index contributed by atoms with van der Waals surface area (Å²) >= 11 is 0. The molecule has 0 aromatic heterocycles. The van der Waals surface area contributed by atoms with E-state index >= 15 is 0 Å². The van der Waals surface area contributed by atoms with E-state index in [-0.39, 0.29) is 0 Å². The number of rotatable bonds is 2. The highest BCUT2D eigenvalue weighted by Gasteiger charge is 2.55. The molecule has 0 spiro atoms. The zero-order chi connectivity index (χ0) is 11.6. The van der Waals surface area contributed by atoms with Gasteiger partial charge in [-0.25, -0.2) is 4.39 Å². The second kappa shape index (κ2) is 4.01. The van der Waals surface area contributed by atoms with Gasteiger partial charge in [-0.15, -0.1) is 0 Å². The summed E-state index contributed by atoms with van der Waals surface area (Å²) in [6, 6.07) is -3.03. The van der Waals surface area contributed by atoms with Crippen LogP contribution in [0.4, 0.5) is 35.1 Å². The van der Waals surface area contributed by atoms with Crippen molar-refractivity contribution in [3.8, 4) is 0 Å². The van der Waals surface area contributed by atoms with E-state index in [0.717, 1.165) is 0 Å². The second-order valence-corrected chi connectivity index (χ2v) is 1.90.